The molecule has 11 rings (SSSR count). The van der Waals surface area contributed by atoms with Crippen molar-refractivity contribution in [1.82, 2.24) is 13.7 Å². The molecule has 0 bridgehead atoms. The van der Waals surface area contributed by atoms with Gasteiger partial charge < -0.3 is 13.7 Å². The normalized spacial score (nSPS) is 11.6. The Bertz CT molecular complexity index is 3350. The molecule has 5 heteroatoms. The molecule has 0 saturated carbocycles. The van der Waals surface area contributed by atoms with Crippen LogP contribution >= 0.6 is 0 Å². The van der Waals surface area contributed by atoms with Crippen molar-refractivity contribution in [3.63, 3.8) is 0 Å². The van der Waals surface area contributed by atoms with E-state index in [1.807, 2.05) is 12.1 Å². The van der Waals surface area contributed by atoms with Gasteiger partial charge in [0.25, 0.3) is 0 Å². The highest BCUT2D eigenvalue weighted by atomic mass is 15.0. The molecular formula is C50H29N5. The molecule has 0 N–H and O–H groups in total. The molecule has 0 spiro atoms. The van der Waals surface area contributed by atoms with Crippen molar-refractivity contribution in [2.75, 3.05) is 0 Å². The smallest absolute Gasteiger partial charge is 0.177 e. The largest absolute Gasteiger partial charge is 0.309 e. The third-order valence-corrected chi connectivity index (χ3v) is 11.0. The monoisotopic (exact) mass is 699 g/mol. The number of hydrogen-bond acceptors (Lipinski definition) is 0. The average molecular weight is 700 g/mol. The molecule has 0 amide bonds. The molecule has 0 saturated heterocycles. The van der Waals surface area contributed by atoms with E-state index < -0.39 is 0 Å². The molecule has 0 atom stereocenters. The third-order valence-electron chi connectivity index (χ3n) is 11.0. The van der Waals surface area contributed by atoms with E-state index in [0.29, 0.717) is 11.4 Å². The van der Waals surface area contributed by atoms with Crippen molar-refractivity contribution in [2.45, 2.75) is 0 Å². The van der Waals surface area contributed by atoms with Crippen LogP contribution in [0.1, 0.15) is 0 Å². The summed E-state index contributed by atoms with van der Waals surface area (Å²) in [6.07, 6.45) is 0. The number of benzene rings is 8. The number of nitrogens with zero attached hydrogens (tertiary/aromatic N) is 5. The summed E-state index contributed by atoms with van der Waals surface area (Å²) in [5.74, 6) is 0. The van der Waals surface area contributed by atoms with Crippen molar-refractivity contribution >= 4 is 76.8 Å². The highest BCUT2D eigenvalue weighted by Crippen LogP contribution is 2.47. The van der Waals surface area contributed by atoms with Crippen LogP contribution in [0.3, 0.4) is 0 Å². The Balaban J connectivity index is 1.39. The van der Waals surface area contributed by atoms with Gasteiger partial charge in [0, 0.05) is 54.9 Å². The molecule has 11 aromatic rings. The molecule has 0 aliphatic rings. The predicted molar refractivity (Wildman–Crippen MR) is 227 cm³/mol. The zero-order valence-electron chi connectivity index (χ0n) is 29.5. The van der Waals surface area contributed by atoms with Crippen LogP contribution in [0.15, 0.2) is 176 Å². The summed E-state index contributed by atoms with van der Waals surface area (Å²) in [6.45, 7) is 16.0. The Morgan fingerprint density at radius 3 is 1.45 bits per heavy atom. The van der Waals surface area contributed by atoms with Gasteiger partial charge in [0.2, 0.25) is 0 Å². The quantitative estimate of drug-likeness (QED) is 0.163. The van der Waals surface area contributed by atoms with Crippen molar-refractivity contribution in [2.24, 2.45) is 0 Å². The summed E-state index contributed by atoms with van der Waals surface area (Å²) >= 11 is 0. The molecule has 254 valence electrons. The lowest BCUT2D eigenvalue weighted by molar-refractivity contribution is 1.17. The molecule has 3 heterocycles. The van der Waals surface area contributed by atoms with Gasteiger partial charge in [-0.05, 0) is 66.2 Å². The molecule has 0 radical (unpaired) electrons. The molecule has 0 aliphatic carbocycles. The lowest BCUT2D eigenvalue weighted by atomic mass is 9.99. The topological polar surface area (TPSA) is 23.5 Å². The van der Waals surface area contributed by atoms with Crippen LogP contribution in [-0.2, 0) is 0 Å². The maximum absolute atomic E-state index is 7.99. The highest BCUT2D eigenvalue weighted by Gasteiger charge is 2.24. The first-order chi connectivity index (χ1) is 27.2. The summed E-state index contributed by atoms with van der Waals surface area (Å²) in [4.78, 5) is 7.64. The standard InChI is InChI=1S/C50H29N5/c1-51-33-27-32(28-34(29-33)52-2)42-30-37(54-44-22-12-9-19-38(44)39-20-10-13-23-45(39)54)31-43-40-25-26-47-48(50(40)55(49(42)43)36-17-7-4-8-18-36)41-21-11-14-24-46(41)53(47)35-15-5-3-6-16-35/h3-31H. The van der Waals surface area contributed by atoms with Gasteiger partial charge in [-0.25, -0.2) is 9.69 Å². The number of hydrogen-bond donors (Lipinski definition) is 0. The predicted octanol–water partition coefficient (Wildman–Crippen LogP) is 13.7. The van der Waals surface area contributed by atoms with Gasteiger partial charge in [-0.3, -0.25) is 0 Å². The van der Waals surface area contributed by atoms with Gasteiger partial charge in [0.15, 0.2) is 11.4 Å². The molecule has 8 aromatic carbocycles. The minimum Gasteiger partial charge on any atom is -0.309 e. The van der Waals surface area contributed by atoms with E-state index >= 15 is 0 Å². The van der Waals surface area contributed by atoms with Gasteiger partial charge >= 0.3 is 0 Å². The van der Waals surface area contributed by atoms with Crippen LogP contribution in [0.25, 0.3) is 103 Å². The van der Waals surface area contributed by atoms with E-state index in [1.165, 1.54) is 16.2 Å². The van der Waals surface area contributed by atoms with Crippen LogP contribution in [0.2, 0.25) is 0 Å². The summed E-state index contributed by atoms with van der Waals surface area (Å²) in [6, 6.07) is 61.6. The fourth-order valence-corrected chi connectivity index (χ4v) is 8.79. The maximum Gasteiger partial charge on any atom is 0.177 e. The number of fused-ring (bicyclic) bond motifs is 10. The molecule has 0 fully saturated rings. The second-order valence-corrected chi connectivity index (χ2v) is 13.9. The van der Waals surface area contributed by atoms with Crippen molar-refractivity contribution < 1.29 is 0 Å². The summed E-state index contributed by atoms with van der Waals surface area (Å²) in [5.41, 5.74) is 12.4. The molecule has 5 nitrogen and oxygen atoms in total. The van der Waals surface area contributed by atoms with E-state index in [9.17, 15) is 0 Å². The van der Waals surface area contributed by atoms with Gasteiger partial charge in [-0.15, -0.1) is 0 Å². The Labute approximate surface area is 316 Å². The molecule has 3 aromatic heterocycles. The summed E-state index contributed by atoms with van der Waals surface area (Å²) in [7, 11) is 0. The molecule has 0 unspecified atom stereocenters. The zero-order valence-corrected chi connectivity index (χ0v) is 29.5. The minimum atomic E-state index is 0.439. The molecular weight excluding hydrogens is 671 g/mol. The lowest BCUT2D eigenvalue weighted by Crippen LogP contribution is -1.99. The van der Waals surface area contributed by atoms with Gasteiger partial charge in [-0.1, -0.05) is 115 Å². The van der Waals surface area contributed by atoms with Crippen molar-refractivity contribution in [1.29, 1.82) is 0 Å². The average Bonchev–Trinajstić information content (AvgIpc) is 3.89. The number of aromatic nitrogens is 3. The first-order valence-corrected chi connectivity index (χ1v) is 18.3. The SMILES string of the molecule is [C-]#[N+]c1cc([N+]#[C-])cc(-c2cc(-n3c4ccccc4c4ccccc43)cc3c4ccc5c(c6ccccc6n5-c5ccccc5)c4n(-c4ccccc4)c23)c1. The minimum absolute atomic E-state index is 0.439. The van der Waals surface area contributed by atoms with Gasteiger partial charge in [0.05, 0.1) is 46.2 Å². The molecule has 0 aliphatic heterocycles. The second kappa shape index (κ2) is 11.8. The van der Waals surface area contributed by atoms with E-state index in [4.69, 9.17) is 13.1 Å². The van der Waals surface area contributed by atoms with Gasteiger partial charge in [0.1, 0.15) is 0 Å². The van der Waals surface area contributed by atoms with Crippen molar-refractivity contribution in [3.8, 4) is 28.2 Å². The first kappa shape index (κ1) is 30.7. The Hall–Kier alpha value is -7.86. The van der Waals surface area contributed by atoms with Gasteiger partial charge in [-0.2, -0.15) is 0 Å². The maximum atomic E-state index is 7.99. The number of rotatable bonds is 4. The summed E-state index contributed by atoms with van der Waals surface area (Å²) < 4.78 is 7.12. The van der Waals surface area contributed by atoms with E-state index in [1.54, 1.807) is 6.07 Å². The van der Waals surface area contributed by atoms with Crippen LogP contribution in [0, 0.1) is 13.1 Å². The Morgan fingerprint density at radius 1 is 0.345 bits per heavy atom. The molecule has 55 heavy (non-hydrogen) atoms. The van der Waals surface area contributed by atoms with Crippen LogP contribution in [0.5, 0.6) is 0 Å². The van der Waals surface area contributed by atoms with Crippen LogP contribution in [-0.4, -0.2) is 13.7 Å². The zero-order chi connectivity index (χ0) is 36.6. The first-order valence-electron chi connectivity index (χ1n) is 18.3. The van der Waals surface area contributed by atoms with Crippen molar-refractivity contribution in [3.05, 3.63) is 199 Å². The summed E-state index contributed by atoms with van der Waals surface area (Å²) in [5, 5.41) is 6.92. The van der Waals surface area contributed by atoms with E-state index in [0.717, 1.165) is 77.4 Å². The number of para-hydroxylation sites is 5. The third kappa shape index (κ3) is 4.45. The fourth-order valence-electron chi connectivity index (χ4n) is 8.79. The second-order valence-electron chi connectivity index (χ2n) is 13.9. The van der Waals surface area contributed by atoms with E-state index in [2.05, 4.69) is 181 Å². The Kier molecular flexibility index (Phi) is 6.61. The van der Waals surface area contributed by atoms with Crippen LogP contribution < -0.4 is 0 Å². The highest BCUT2D eigenvalue weighted by molar-refractivity contribution is 6.27. The van der Waals surface area contributed by atoms with Crippen LogP contribution in [0.4, 0.5) is 11.4 Å². The fraction of sp³-hybridized carbons (Fsp3) is 0. The van der Waals surface area contributed by atoms with E-state index in [-0.39, 0.29) is 0 Å². The Morgan fingerprint density at radius 2 is 0.855 bits per heavy atom. The lowest BCUT2D eigenvalue weighted by Gasteiger charge is -2.16.